The molecule has 148 valence electrons. The molecule has 9 N–H and O–H groups in total. The van der Waals surface area contributed by atoms with Crippen LogP contribution in [0, 0.1) is 0 Å². The van der Waals surface area contributed by atoms with E-state index >= 15 is 0 Å². The predicted octanol–water partition coefficient (Wildman–Crippen LogP) is -4.33. The van der Waals surface area contributed by atoms with E-state index < -0.39 is 66.8 Å². The summed E-state index contributed by atoms with van der Waals surface area (Å²) in [6.45, 7) is 0.657. The third-order valence-electron chi connectivity index (χ3n) is 3.06. The second kappa shape index (κ2) is 11.3. The number of aliphatic hydroxyl groups excluding tert-OH is 1. The molecule has 0 aromatic heterocycles. The SMILES string of the molecule is CC(O)C(NC(=O)CNC(=O)C(N)CS)C(=O)NC(CC(N)=O)C(=O)O. The van der Waals surface area contributed by atoms with E-state index in [2.05, 4.69) is 23.3 Å². The van der Waals surface area contributed by atoms with Gasteiger partial charge in [-0.25, -0.2) is 4.79 Å². The van der Waals surface area contributed by atoms with Crippen LogP contribution in [0.4, 0.5) is 0 Å². The molecule has 0 bridgehead atoms. The molecule has 0 aromatic carbocycles. The molecule has 13 heteroatoms. The highest BCUT2D eigenvalue weighted by atomic mass is 32.1. The molecule has 26 heavy (non-hydrogen) atoms. The van der Waals surface area contributed by atoms with E-state index in [9.17, 15) is 29.1 Å². The third kappa shape index (κ3) is 8.64. The number of aliphatic carboxylic acids is 1. The number of carboxylic acid groups (broad SMARTS) is 1. The molecule has 0 saturated heterocycles. The summed E-state index contributed by atoms with van der Waals surface area (Å²) in [5.74, 6) is -4.92. The van der Waals surface area contributed by atoms with E-state index in [1.54, 1.807) is 0 Å². The van der Waals surface area contributed by atoms with E-state index in [4.69, 9.17) is 16.6 Å². The number of nitrogens with two attached hydrogens (primary N) is 2. The quantitative estimate of drug-likeness (QED) is 0.160. The zero-order valence-electron chi connectivity index (χ0n) is 14.0. The number of amides is 4. The van der Waals surface area contributed by atoms with Crippen LogP contribution < -0.4 is 27.4 Å². The minimum atomic E-state index is -1.62. The van der Waals surface area contributed by atoms with Gasteiger partial charge < -0.3 is 37.6 Å². The lowest BCUT2D eigenvalue weighted by Crippen LogP contribution is -2.57. The second-order valence-corrected chi connectivity index (χ2v) is 5.73. The van der Waals surface area contributed by atoms with Gasteiger partial charge in [0, 0.05) is 5.75 Å². The molecule has 0 aromatic rings. The van der Waals surface area contributed by atoms with Gasteiger partial charge in [0.1, 0.15) is 12.1 Å². The van der Waals surface area contributed by atoms with Crippen molar-refractivity contribution >= 4 is 42.2 Å². The lowest BCUT2D eigenvalue weighted by atomic mass is 10.1. The van der Waals surface area contributed by atoms with Crippen molar-refractivity contribution in [1.29, 1.82) is 0 Å². The maximum Gasteiger partial charge on any atom is 0.326 e. The molecular formula is C13H23N5O7S. The lowest BCUT2D eigenvalue weighted by Gasteiger charge is -2.23. The Morgan fingerprint density at radius 3 is 2.12 bits per heavy atom. The van der Waals surface area contributed by atoms with Crippen LogP contribution in [-0.4, -0.2) is 76.3 Å². The van der Waals surface area contributed by atoms with Gasteiger partial charge in [0.2, 0.25) is 23.6 Å². The van der Waals surface area contributed by atoms with Crippen molar-refractivity contribution in [3.8, 4) is 0 Å². The minimum Gasteiger partial charge on any atom is -0.480 e. The molecule has 0 rings (SSSR count). The van der Waals surface area contributed by atoms with Gasteiger partial charge in [-0.15, -0.1) is 0 Å². The van der Waals surface area contributed by atoms with Crippen molar-refractivity contribution in [3.63, 3.8) is 0 Å². The predicted molar refractivity (Wildman–Crippen MR) is 91.8 cm³/mol. The van der Waals surface area contributed by atoms with Gasteiger partial charge >= 0.3 is 5.97 Å². The highest BCUT2D eigenvalue weighted by Crippen LogP contribution is 1.98. The summed E-state index contributed by atoms with van der Waals surface area (Å²) >= 11 is 3.83. The van der Waals surface area contributed by atoms with Crippen LogP contribution >= 0.6 is 12.6 Å². The average Bonchev–Trinajstić information content (AvgIpc) is 2.54. The number of hydrogen-bond donors (Lipinski definition) is 8. The number of carbonyl (C=O) groups is 5. The number of carboxylic acids is 1. The highest BCUT2D eigenvalue weighted by molar-refractivity contribution is 7.80. The van der Waals surface area contributed by atoms with E-state index in [0.717, 1.165) is 0 Å². The van der Waals surface area contributed by atoms with Gasteiger partial charge in [0.05, 0.1) is 25.1 Å². The Hall–Kier alpha value is -2.38. The van der Waals surface area contributed by atoms with Gasteiger partial charge in [0.25, 0.3) is 0 Å². The molecule has 0 aliphatic rings. The first-order chi connectivity index (χ1) is 12.0. The van der Waals surface area contributed by atoms with E-state index in [-0.39, 0.29) is 5.75 Å². The van der Waals surface area contributed by atoms with Crippen molar-refractivity contribution < 1.29 is 34.2 Å². The zero-order valence-corrected chi connectivity index (χ0v) is 14.9. The molecule has 0 heterocycles. The number of aliphatic hydroxyl groups is 1. The van der Waals surface area contributed by atoms with E-state index in [0.29, 0.717) is 0 Å². The zero-order chi connectivity index (χ0) is 20.4. The fourth-order valence-corrected chi connectivity index (χ4v) is 1.84. The lowest BCUT2D eigenvalue weighted by molar-refractivity contribution is -0.144. The fraction of sp³-hybridized carbons (Fsp3) is 0.615. The molecular weight excluding hydrogens is 370 g/mol. The standard InChI is InChI=1S/C13H23N5O7S/c1-5(19)10(12(23)17-7(13(24)25)2-8(15)20)18-9(21)3-16-11(22)6(14)4-26/h5-7,10,19,26H,2-4,14H2,1H3,(H2,15,20)(H,16,22)(H,17,23)(H,18,21)(H,24,25). The van der Waals surface area contributed by atoms with Crippen LogP contribution in [0.15, 0.2) is 0 Å². The molecule has 4 unspecified atom stereocenters. The van der Waals surface area contributed by atoms with Gasteiger partial charge in [-0.1, -0.05) is 0 Å². The molecule has 12 nitrogen and oxygen atoms in total. The molecule has 0 radical (unpaired) electrons. The first-order valence-corrected chi connectivity index (χ1v) is 8.05. The Bertz CT molecular complexity index is 557. The van der Waals surface area contributed by atoms with Gasteiger partial charge in [-0.3, -0.25) is 19.2 Å². The van der Waals surface area contributed by atoms with Crippen LogP contribution in [0.3, 0.4) is 0 Å². The Labute approximate surface area is 154 Å². The summed E-state index contributed by atoms with van der Waals surface area (Å²) in [6, 6.07) is -4.06. The molecule has 4 amide bonds. The number of thiol groups is 1. The number of carbonyl (C=O) groups excluding carboxylic acids is 4. The largest absolute Gasteiger partial charge is 0.480 e. The summed E-state index contributed by atoms with van der Waals surface area (Å²) in [6.07, 6.45) is -2.06. The molecule has 0 spiro atoms. The average molecular weight is 393 g/mol. The second-order valence-electron chi connectivity index (χ2n) is 5.36. The summed E-state index contributed by atoms with van der Waals surface area (Å²) in [7, 11) is 0. The van der Waals surface area contributed by atoms with Crippen molar-refractivity contribution in [2.75, 3.05) is 12.3 Å². The summed E-state index contributed by atoms with van der Waals surface area (Å²) in [5, 5.41) is 24.9. The van der Waals surface area contributed by atoms with Gasteiger partial charge in [0.15, 0.2) is 0 Å². The maximum atomic E-state index is 12.1. The smallest absolute Gasteiger partial charge is 0.326 e. The summed E-state index contributed by atoms with van der Waals surface area (Å²) in [4.78, 5) is 57.2. The van der Waals surface area contributed by atoms with Crippen molar-refractivity contribution in [2.24, 2.45) is 11.5 Å². The Balaban J connectivity index is 4.83. The fourth-order valence-electron chi connectivity index (χ4n) is 1.67. The number of primary amides is 1. The first-order valence-electron chi connectivity index (χ1n) is 7.42. The molecule has 0 aliphatic heterocycles. The highest BCUT2D eigenvalue weighted by Gasteiger charge is 2.30. The van der Waals surface area contributed by atoms with Crippen LogP contribution in [0.2, 0.25) is 0 Å². The molecule has 0 aliphatic carbocycles. The monoisotopic (exact) mass is 393 g/mol. The Morgan fingerprint density at radius 1 is 1.12 bits per heavy atom. The van der Waals surface area contributed by atoms with E-state index in [1.807, 2.05) is 5.32 Å². The number of rotatable bonds is 11. The number of nitrogens with one attached hydrogen (secondary N) is 3. The molecule has 0 saturated carbocycles. The molecule has 0 fully saturated rings. The molecule has 4 atom stereocenters. The van der Waals surface area contributed by atoms with Crippen molar-refractivity contribution in [1.82, 2.24) is 16.0 Å². The van der Waals surface area contributed by atoms with Crippen LogP contribution in [0.5, 0.6) is 0 Å². The van der Waals surface area contributed by atoms with Crippen LogP contribution in [-0.2, 0) is 24.0 Å². The van der Waals surface area contributed by atoms with Crippen LogP contribution in [0.25, 0.3) is 0 Å². The first kappa shape index (κ1) is 23.6. The van der Waals surface area contributed by atoms with Crippen LogP contribution in [0.1, 0.15) is 13.3 Å². The summed E-state index contributed by atoms with van der Waals surface area (Å²) < 4.78 is 0. The number of hydrogen-bond acceptors (Lipinski definition) is 8. The van der Waals surface area contributed by atoms with Gasteiger partial charge in [-0.05, 0) is 6.92 Å². The Morgan fingerprint density at radius 2 is 1.69 bits per heavy atom. The summed E-state index contributed by atoms with van der Waals surface area (Å²) in [5.41, 5.74) is 10.3. The van der Waals surface area contributed by atoms with E-state index in [1.165, 1.54) is 6.92 Å². The normalized spacial score (nSPS) is 15.1. The topological polar surface area (TPSA) is 214 Å². The Kier molecular flexibility index (Phi) is 10.2. The van der Waals surface area contributed by atoms with Crippen molar-refractivity contribution in [3.05, 3.63) is 0 Å². The minimum absolute atomic E-state index is 0.0581. The maximum absolute atomic E-state index is 12.1. The van der Waals surface area contributed by atoms with Crippen molar-refractivity contribution in [2.45, 2.75) is 37.6 Å². The third-order valence-corrected chi connectivity index (χ3v) is 3.45. The van der Waals surface area contributed by atoms with Gasteiger partial charge in [-0.2, -0.15) is 12.6 Å².